The zero-order valence-electron chi connectivity index (χ0n) is 10.8. The van der Waals surface area contributed by atoms with Gasteiger partial charge in [-0.05, 0) is 39.5 Å². The Morgan fingerprint density at radius 3 is 2.60 bits per heavy atom. The summed E-state index contributed by atoms with van der Waals surface area (Å²) >= 11 is 0. The van der Waals surface area contributed by atoms with Crippen LogP contribution in [0.4, 0.5) is 0 Å². The maximum Gasteiger partial charge on any atom is 0.0594 e. The summed E-state index contributed by atoms with van der Waals surface area (Å²) in [5.74, 6) is 0.860. The molecule has 2 heteroatoms. The fraction of sp³-hybridized carbons (Fsp3) is 1.00. The van der Waals surface area contributed by atoms with Crippen LogP contribution in [0.1, 0.15) is 53.4 Å². The summed E-state index contributed by atoms with van der Waals surface area (Å²) in [5.41, 5.74) is 0.212. The average molecular weight is 213 g/mol. The van der Waals surface area contributed by atoms with Crippen molar-refractivity contribution in [3.05, 3.63) is 0 Å². The van der Waals surface area contributed by atoms with Crippen molar-refractivity contribution in [2.45, 2.75) is 65.0 Å². The molecule has 1 rings (SSSR count). The molecule has 0 radical (unpaired) electrons. The molecule has 2 unspecified atom stereocenters. The van der Waals surface area contributed by atoms with Gasteiger partial charge in [0.15, 0.2) is 0 Å². The Hall–Kier alpha value is -0.0800. The second-order valence-electron chi connectivity index (χ2n) is 5.94. The molecule has 0 bridgehead atoms. The standard InChI is InChI=1S/C13H27NO/c1-11-6-5-7-12(10-11)15-9-8-14-13(2,3)4/h11-12,14H,5-10H2,1-4H3. The number of hydrogen-bond acceptors (Lipinski definition) is 2. The van der Waals surface area contributed by atoms with E-state index in [9.17, 15) is 0 Å². The Bertz CT molecular complexity index is 174. The SMILES string of the molecule is CC1CCCC(OCCNC(C)(C)C)C1. The minimum absolute atomic E-state index is 0.212. The fourth-order valence-corrected chi connectivity index (χ4v) is 2.18. The van der Waals surface area contributed by atoms with Gasteiger partial charge in [-0.1, -0.05) is 19.8 Å². The number of rotatable bonds is 4. The molecule has 1 aliphatic rings. The maximum absolute atomic E-state index is 5.89. The molecule has 1 fully saturated rings. The van der Waals surface area contributed by atoms with Crippen LogP contribution in [-0.4, -0.2) is 24.8 Å². The average Bonchev–Trinajstić information content (AvgIpc) is 2.11. The minimum Gasteiger partial charge on any atom is -0.377 e. The van der Waals surface area contributed by atoms with Crippen LogP contribution in [0.15, 0.2) is 0 Å². The van der Waals surface area contributed by atoms with Gasteiger partial charge in [0.25, 0.3) is 0 Å². The molecule has 15 heavy (non-hydrogen) atoms. The predicted octanol–water partition coefficient (Wildman–Crippen LogP) is 2.97. The second-order valence-corrected chi connectivity index (χ2v) is 5.94. The quantitative estimate of drug-likeness (QED) is 0.725. The summed E-state index contributed by atoms with van der Waals surface area (Å²) < 4.78 is 5.89. The summed E-state index contributed by atoms with van der Waals surface area (Å²) in [4.78, 5) is 0. The Morgan fingerprint density at radius 1 is 1.27 bits per heavy atom. The highest BCUT2D eigenvalue weighted by Crippen LogP contribution is 2.25. The summed E-state index contributed by atoms with van der Waals surface area (Å²) in [5, 5.41) is 3.45. The first-order chi connectivity index (χ1) is 6.97. The van der Waals surface area contributed by atoms with E-state index >= 15 is 0 Å². The van der Waals surface area contributed by atoms with E-state index in [1.165, 1.54) is 25.7 Å². The molecule has 1 aliphatic carbocycles. The topological polar surface area (TPSA) is 21.3 Å². The van der Waals surface area contributed by atoms with Gasteiger partial charge in [0.1, 0.15) is 0 Å². The van der Waals surface area contributed by atoms with Gasteiger partial charge < -0.3 is 10.1 Å². The van der Waals surface area contributed by atoms with Crippen LogP contribution in [-0.2, 0) is 4.74 Å². The van der Waals surface area contributed by atoms with Crippen molar-refractivity contribution in [2.75, 3.05) is 13.2 Å². The molecule has 0 amide bonds. The van der Waals surface area contributed by atoms with E-state index in [-0.39, 0.29) is 5.54 Å². The van der Waals surface area contributed by atoms with E-state index in [4.69, 9.17) is 4.74 Å². The van der Waals surface area contributed by atoms with Gasteiger partial charge in [-0.3, -0.25) is 0 Å². The van der Waals surface area contributed by atoms with Gasteiger partial charge in [-0.25, -0.2) is 0 Å². The molecular weight excluding hydrogens is 186 g/mol. The van der Waals surface area contributed by atoms with E-state index < -0.39 is 0 Å². The molecule has 1 saturated carbocycles. The van der Waals surface area contributed by atoms with Crippen molar-refractivity contribution < 1.29 is 4.74 Å². The number of nitrogens with one attached hydrogen (secondary N) is 1. The lowest BCUT2D eigenvalue weighted by molar-refractivity contribution is 0.0156. The second kappa shape index (κ2) is 5.86. The molecule has 1 N–H and O–H groups in total. The largest absolute Gasteiger partial charge is 0.377 e. The summed E-state index contributed by atoms with van der Waals surface area (Å²) in [6.45, 7) is 10.7. The van der Waals surface area contributed by atoms with Crippen molar-refractivity contribution >= 4 is 0 Å². The lowest BCUT2D eigenvalue weighted by atomic mass is 9.89. The van der Waals surface area contributed by atoms with Crippen LogP contribution in [0, 0.1) is 5.92 Å². The minimum atomic E-state index is 0.212. The molecule has 0 aromatic rings. The van der Waals surface area contributed by atoms with Gasteiger partial charge in [-0.2, -0.15) is 0 Å². The van der Waals surface area contributed by atoms with Gasteiger partial charge in [-0.15, -0.1) is 0 Å². The van der Waals surface area contributed by atoms with Crippen molar-refractivity contribution in [3.8, 4) is 0 Å². The van der Waals surface area contributed by atoms with Gasteiger partial charge in [0.05, 0.1) is 12.7 Å². The van der Waals surface area contributed by atoms with Crippen LogP contribution in [0.2, 0.25) is 0 Å². The lowest BCUT2D eigenvalue weighted by Gasteiger charge is -2.27. The van der Waals surface area contributed by atoms with E-state index in [1.54, 1.807) is 0 Å². The van der Waals surface area contributed by atoms with E-state index in [0.717, 1.165) is 19.1 Å². The fourth-order valence-electron chi connectivity index (χ4n) is 2.18. The first-order valence-electron chi connectivity index (χ1n) is 6.34. The summed E-state index contributed by atoms with van der Waals surface area (Å²) in [6.07, 6.45) is 5.78. The van der Waals surface area contributed by atoms with Gasteiger partial charge >= 0.3 is 0 Å². The van der Waals surface area contributed by atoms with Crippen molar-refractivity contribution in [1.82, 2.24) is 5.32 Å². The molecule has 0 aliphatic heterocycles. The number of ether oxygens (including phenoxy) is 1. The van der Waals surface area contributed by atoms with Gasteiger partial charge in [0.2, 0.25) is 0 Å². The van der Waals surface area contributed by atoms with Crippen LogP contribution < -0.4 is 5.32 Å². The Labute approximate surface area is 94.8 Å². The van der Waals surface area contributed by atoms with Crippen LogP contribution in [0.5, 0.6) is 0 Å². The highest BCUT2D eigenvalue weighted by atomic mass is 16.5. The zero-order chi connectivity index (χ0) is 11.3. The van der Waals surface area contributed by atoms with Crippen LogP contribution in [0.3, 0.4) is 0 Å². The number of hydrogen-bond donors (Lipinski definition) is 1. The molecule has 2 atom stereocenters. The van der Waals surface area contributed by atoms with E-state index in [0.29, 0.717) is 6.10 Å². The highest BCUT2D eigenvalue weighted by molar-refractivity contribution is 4.72. The monoisotopic (exact) mass is 213 g/mol. The summed E-state index contributed by atoms with van der Waals surface area (Å²) in [7, 11) is 0. The van der Waals surface area contributed by atoms with E-state index in [2.05, 4.69) is 33.0 Å². The predicted molar refractivity (Wildman–Crippen MR) is 65.1 cm³/mol. The first-order valence-corrected chi connectivity index (χ1v) is 6.34. The third-order valence-electron chi connectivity index (χ3n) is 3.00. The molecule has 90 valence electrons. The molecule has 2 nitrogen and oxygen atoms in total. The lowest BCUT2D eigenvalue weighted by Crippen LogP contribution is -2.38. The van der Waals surface area contributed by atoms with Gasteiger partial charge in [0, 0.05) is 12.1 Å². The first kappa shape index (κ1) is 13.0. The third-order valence-corrected chi connectivity index (χ3v) is 3.00. The molecule has 0 heterocycles. The molecule has 0 spiro atoms. The molecule has 0 aromatic heterocycles. The van der Waals surface area contributed by atoms with E-state index in [1.807, 2.05) is 0 Å². The normalized spacial score (nSPS) is 28.0. The van der Waals surface area contributed by atoms with Crippen LogP contribution >= 0.6 is 0 Å². The molecular formula is C13H27NO. The highest BCUT2D eigenvalue weighted by Gasteiger charge is 2.19. The molecule has 0 aromatic carbocycles. The Kier molecular flexibility index (Phi) is 5.07. The Balaban J connectivity index is 2.04. The summed E-state index contributed by atoms with van der Waals surface area (Å²) in [6, 6.07) is 0. The Morgan fingerprint density at radius 2 is 2.00 bits per heavy atom. The van der Waals surface area contributed by atoms with Crippen LogP contribution in [0.25, 0.3) is 0 Å². The van der Waals surface area contributed by atoms with Crippen molar-refractivity contribution in [1.29, 1.82) is 0 Å². The third kappa shape index (κ3) is 6.16. The zero-order valence-corrected chi connectivity index (χ0v) is 10.8. The molecule has 0 saturated heterocycles. The van der Waals surface area contributed by atoms with Crippen molar-refractivity contribution in [3.63, 3.8) is 0 Å². The smallest absolute Gasteiger partial charge is 0.0594 e. The van der Waals surface area contributed by atoms with Crippen molar-refractivity contribution in [2.24, 2.45) is 5.92 Å². The maximum atomic E-state index is 5.89.